The summed E-state index contributed by atoms with van der Waals surface area (Å²) in [4.78, 5) is 22.1. The molecule has 0 N–H and O–H groups in total. The molecule has 1 saturated carbocycles. The number of carbonyl (C=O) groups excluding carboxylic acids is 2. The van der Waals surface area contributed by atoms with Crippen LogP contribution in [0.5, 0.6) is 0 Å². The highest BCUT2D eigenvalue weighted by Gasteiger charge is 2.35. The summed E-state index contributed by atoms with van der Waals surface area (Å²) in [6.07, 6.45) is 7.50. The van der Waals surface area contributed by atoms with Gasteiger partial charge in [-0.05, 0) is 12.3 Å². The summed E-state index contributed by atoms with van der Waals surface area (Å²) in [7, 11) is 0. The van der Waals surface area contributed by atoms with Gasteiger partial charge in [0.05, 0.1) is 12.3 Å². The van der Waals surface area contributed by atoms with E-state index in [4.69, 9.17) is 0 Å². The smallest absolute Gasteiger partial charge is 0.317 e. The summed E-state index contributed by atoms with van der Waals surface area (Å²) in [6.45, 7) is 0. The highest BCUT2D eigenvalue weighted by molar-refractivity contribution is 5.94. The summed E-state index contributed by atoms with van der Waals surface area (Å²) in [5.74, 6) is -0.116. The molecule has 0 aromatic carbocycles. The molecule has 2 fully saturated rings. The molecular formula is C11H16O3. The third kappa shape index (κ3) is 2.14. The largest absolute Gasteiger partial charge is 0.393 e. The van der Waals surface area contributed by atoms with Crippen LogP contribution < -0.4 is 0 Å². The van der Waals surface area contributed by atoms with Gasteiger partial charge in [0.15, 0.2) is 0 Å². The van der Waals surface area contributed by atoms with E-state index in [2.05, 4.69) is 4.74 Å². The van der Waals surface area contributed by atoms with Gasteiger partial charge in [-0.15, -0.1) is 0 Å². The normalized spacial score (nSPS) is 29.3. The van der Waals surface area contributed by atoms with Gasteiger partial charge in [0.1, 0.15) is 0 Å². The number of hydrogen-bond donors (Lipinski definition) is 0. The van der Waals surface area contributed by atoms with Crippen LogP contribution in [-0.2, 0) is 14.3 Å². The molecule has 0 spiro atoms. The van der Waals surface area contributed by atoms with Crippen molar-refractivity contribution in [1.29, 1.82) is 0 Å². The van der Waals surface area contributed by atoms with Crippen LogP contribution in [0.4, 0.5) is 0 Å². The van der Waals surface area contributed by atoms with Gasteiger partial charge in [-0.1, -0.05) is 32.1 Å². The molecule has 1 heterocycles. The minimum atomic E-state index is -0.337. The zero-order valence-corrected chi connectivity index (χ0v) is 8.33. The van der Waals surface area contributed by atoms with Crippen LogP contribution >= 0.6 is 0 Å². The van der Waals surface area contributed by atoms with Crippen molar-refractivity contribution in [2.24, 2.45) is 11.8 Å². The maximum atomic E-state index is 11.2. The van der Waals surface area contributed by atoms with Gasteiger partial charge in [-0.3, -0.25) is 9.59 Å². The van der Waals surface area contributed by atoms with E-state index in [9.17, 15) is 9.59 Å². The Hall–Kier alpha value is -0.860. The molecule has 3 heteroatoms. The van der Waals surface area contributed by atoms with Crippen molar-refractivity contribution in [1.82, 2.24) is 0 Å². The summed E-state index contributed by atoms with van der Waals surface area (Å²) in [5.41, 5.74) is 0. The van der Waals surface area contributed by atoms with E-state index < -0.39 is 0 Å². The molecule has 0 aromatic heterocycles. The fourth-order valence-corrected chi connectivity index (χ4v) is 2.53. The molecule has 78 valence electrons. The van der Waals surface area contributed by atoms with Gasteiger partial charge in [-0.2, -0.15) is 0 Å². The lowest BCUT2D eigenvalue weighted by molar-refractivity contribution is -0.153. The second kappa shape index (κ2) is 4.11. The molecule has 1 aliphatic carbocycles. The Labute approximate surface area is 83.8 Å². The van der Waals surface area contributed by atoms with Crippen LogP contribution in [0.2, 0.25) is 0 Å². The summed E-state index contributed by atoms with van der Waals surface area (Å²) < 4.78 is 4.54. The molecule has 2 aliphatic rings. The fourth-order valence-electron chi connectivity index (χ4n) is 2.53. The molecule has 1 atom stereocenters. The average Bonchev–Trinajstić information content (AvgIpc) is 2.47. The van der Waals surface area contributed by atoms with Crippen molar-refractivity contribution in [3.63, 3.8) is 0 Å². The zero-order chi connectivity index (χ0) is 9.97. The van der Waals surface area contributed by atoms with Crippen LogP contribution in [0.25, 0.3) is 0 Å². The van der Waals surface area contributed by atoms with Gasteiger partial charge in [-0.25, -0.2) is 0 Å². The van der Waals surface area contributed by atoms with Crippen LogP contribution in [0, 0.1) is 11.8 Å². The standard InChI is InChI=1S/C11H16O3/c12-10-7-9(11(13)14-10)6-8-4-2-1-3-5-8/h8-9H,1-7H2. The van der Waals surface area contributed by atoms with Crippen LogP contribution in [0.1, 0.15) is 44.9 Å². The van der Waals surface area contributed by atoms with E-state index >= 15 is 0 Å². The molecule has 3 nitrogen and oxygen atoms in total. The Kier molecular flexibility index (Phi) is 2.85. The third-order valence-corrected chi connectivity index (χ3v) is 3.30. The highest BCUT2D eigenvalue weighted by atomic mass is 16.6. The van der Waals surface area contributed by atoms with Gasteiger partial charge in [0.25, 0.3) is 0 Å². The van der Waals surface area contributed by atoms with Crippen molar-refractivity contribution in [3.8, 4) is 0 Å². The topological polar surface area (TPSA) is 43.4 Å². The van der Waals surface area contributed by atoms with Crippen molar-refractivity contribution in [3.05, 3.63) is 0 Å². The van der Waals surface area contributed by atoms with E-state index in [-0.39, 0.29) is 17.9 Å². The third-order valence-electron chi connectivity index (χ3n) is 3.30. The second-order valence-corrected chi connectivity index (χ2v) is 4.43. The predicted octanol–water partition coefficient (Wildman–Crippen LogP) is 2.05. The molecule has 0 aromatic rings. The number of hydrogen-bond acceptors (Lipinski definition) is 3. The first-order valence-electron chi connectivity index (χ1n) is 5.50. The van der Waals surface area contributed by atoms with E-state index in [1.807, 2.05) is 0 Å². The first-order chi connectivity index (χ1) is 6.75. The number of cyclic esters (lactones) is 2. The van der Waals surface area contributed by atoms with Crippen molar-refractivity contribution in [2.45, 2.75) is 44.9 Å². The maximum absolute atomic E-state index is 11.2. The minimum absolute atomic E-state index is 0.134. The van der Waals surface area contributed by atoms with Crippen LogP contribution in [0.3, 0.4) is 0 Å². The molecule has 2 rings (SSSR count). The van der Waals surface area contributed by atoms with Crippen molar-refractivity contribution < 1.29 is 14.3 Å². The van der Waals surface area contributed by atoms with Gasteiger partial charge >= 0.3 is 11.9 Å². The van der Waals surface area contributed by atoms with E-state index in [0.717, 1.165) is 6.42 Å². The van der Waals surface area contributed by atoms with Crippen molar-refractivity contribution in [2.75, 3.05) is 0 Å². The Morgan fingerprint density at radius 2 is 1.86 bits per heavy atom. The molecule has 0 bridgehead atoms. The van der Waals surface area contributed by atoms with Crippen molar-refractivity contribution >= 4 is 11.9 Å². The minimum Gasteiger partial charge on any atom is -0.393 e. The van der Waals surface area contributed by atoms with E-state index in [0.29, 0.717) is 12.3 Å². The zero-order valence-electron chi connectivity index (χ0n) is 8.33. The van der Waals surface area contributed by atoms with Gasteiger partial charge in [0.2, 0.25) is 0 Å². The molecule has 1 saturated heterocycles. The van der Waals surface area contributed by atoms with E-state index in [1.165, 1.54) is 32.1 Å². The Balaban J connectivity index is 1.84. The average molecular weight is 196 g/mol. The lowest BCUT2D eigenvalue weighted by Gasteiger charge is -2.22. The summed E-state index contributed by atoms with van der Waals surface area (Å²) in [6, 6.07) is 0. The van der Waals surface area contributed by atoms with Gasteiger partial charge < -0.3 is 4.74 Å². The molecular weight excluding hydrogens is 180 g/mol. The summed E-state index contributed by atoms with van der Waals surface area (Å²) >= 11 is 0. The molecule has 0 amide bonds. The number of esters is 2. The quantitative estimate of drug-likeness (QED) is 0.501. The number of rotatable bonds is 2. The van der Waals surface area contributed by atoms with Crippen LogP contribution in [0.15, 0.2) is 0 Å². The molecule has 1 unspecified atom stereocenters. The monoisotopic (exact) mass is 196 g/mol. The lowest BCUT2D eigenvalue weighted by atomic mass is 9.82. The van der Waals surface area contributed by atoms with Crippen LogP contribution in [-0.4, -0.2) is 11.9 Å². The number of carbonyl (C=O) groups is 2. The first-order valence-corrected chi connectivity index (χ1v) is 5.50. The predicted molar refractivity (Wildman–Crippen MR) is 50.4 cm³/mol. The molecule has 14 heavy (non-hydrogen) atoms. The Bertz CT molecular complexity index is 241. The Morgan fingerprint density at radius 3 is 2.43 bits per heavy atom. The summed E-state index contributed by atoms with van der Waals surface area (Å²) in [5, 5.41) is 0. The van der Waals surface area contributed by atoms with Gasteiger partial charge in [0, 0.05) is 0 Å². The maximum Gasteiger partial charge on any atom is 0.317 e. The van der Waals surface area contributed by atoms with E-state index in [1.54, 1.807) is 0 Å². The Morgan fingerprint density at radius 1 is 1.14 bits per heavy atom. The molecule has 0 radical (unpaired) electrons. The number of ether oxygens (including phenoxy) is 1. The lowest BCUT2D eigenvalue weighted by Crippen LogP contribution is -2.15. The SMILES string of the molecule is O=C1CC(CC2CCCCC2)C(=O)O1. The highest BCUT2D eigenvalue weighted by Crippen LogP contribution is 2.32. The molecule has 1 aliphatic heterocycles. The fraction of sp³-hybridized carbons (Fsp3) is 0.818. The second-order valence-electron chi connectivity index (χ2n) is 4.43. The first kappa shape index (κ1) is 9.69.